The standard InChI is InChI=1S/C21H17N3O2.C8H8O3/c22-18-11-5-10-17-16-9-4-6-14(12-19(16)24-21(17)18)23-20(25)13-26-15-7-2-1-3-8-15;9-7(8(10)11)6-4-2-1-3-5-6/h1-12,24H,13,22H2;1-5,7,9H,(H,10,11). The highest BCUT2D eigenvalue weighted by molar-refractivity contribution is 6.10. The molecule has 8 nitrogen and oxygen atoms in total. The molecule has 8 heteroatoms. The van der Waals surface area contributed by atoms with Crippen LogP contribution in [0.4, 0.5) is 5.69 Å². The van der Waals surface area contributed by atoms with E-state index in [1.807, 2.05) is 54.6 Å². The van der Waals surface area contributed by atoms with E-state index in [9.17, 15) is 9.59 Å². The van der Waals surface area contributed by atoms with Crippen molar-refractivity contribution in [1.82, 2.24) is 4.98 Å². The fourth-order valence-corrected chi connectivity index (χ4v) is 3.70. The molecule has 186 valence electrons. The van der Waals surface area contributed by atoms with Gasteiger partial charge in [-0.05, 0) is 35.9 Å². The molecule has 1 aromatic heterocycles. The second-order valence-electron chi connectivity index (χ2n) is 8.08. The Kier molecular flexibility index (Phi) is 7.92. The number of carbonyl (C=O) groups is 2. The molecule has 4 aromatic carbocycles. The molecule has 0 bridgehead atoms. The Morgan fingerprint density at radius 3 is 2.22 bits per heavy atom. The molecule has 0 saturated carbocycles. The number of aliphatic hydroxyl groups is 1. The van der Waals surface area contributed by atoms with Crippen molar-refractivity contribution in [3.05, 3.63) is 114 Å². The second-order valence-corrected chi connectivity index (χ2v) is 8.08. The van der Waals surface area contributed by atoms with Crippen LogP contribution in [0.15, 0.2) is 108 Å². The van der Waals surface area contributed by atoms with Gasteiger partial charge in [0.1, 0.15) is 5.75 Å². The van der Waals surface area contributed by atoms with Crippen molar-refractivity contribution < 1.29 is 24.5 Å². The van der Waals surface area contributed by atoms with Crippen LogP contribution in [0.1, 0.15) is 11.7 Å². The normalized spacial score (nSPS) is 12.0. The molecular weight excluding hydrogens is 470 g/mol. The summed E-state index contributed by atoms with van der Waals surface area (Å²) < 4.78 is 5.45. The number of aromatic nitrogens is 1. The number of nitrogen functional groups attached to an aromatic ring is 1. The summed E-state index contributed by atoms with van der Waals surface area (Å²) in [5, 5.41) is 20.0. The summed E-state index contributed by atoms with van der Waals surface area (Å²) in [4.78, 5) is 29.8. The number of amides is 1. The fourth-order valence-electron chi connectivity index (χ4n) is 3.70. The molecule has 0 aliphatic heterocycles. The number of nitrogens with two attached hydrogens (primary N) is 1. The number of benzene rings is 3. The Labute approximate surface area is 212 Å². The summed E-state index contributed by atoms with van der Waals surface area (Å²) in [6, 6.07) is 30.8. The minimum Gasteiger partial charge on any atom is -0.484 e. The van der Waals surface area contributed by atoms with Gasteiger partial charge in [0.2, 0.25) is 0 Å². The number of nitrogens with one attached hydrogen (secondary N) is 1. The van der Waals surface area contributed by atoms with Gasteiger partial charge in [-0.1, -0.05) is 72.8 Å². The number of anilines is 1. The van der Waals surface area contributed by atoms with Crippen LogP contribution in [0.3, 0.4) is 0 Å². The zero-order valence-electron chi connectivity index (χ0n) is 19.7. The molecule has 1 atom stereocenters. The third-order valence-electron chi connectivity index (χ3n) is 5.47. The summed E-state index contributed by atoms with van der Waals surface area (Å²) in [6.45, 7) is -0.106. The molecule has 5 rings (SSSR count). The van der Waals surface area contributed by atoms with Crippen molar-refractivity contribution in [2.75, 3.05) is 12.3 Å². The van der Waals surface area contributed by atoms with Crippen LogP contribution in [0.2, 0.25) is 0 Å². The quantitative estimate of drug-likeness (QED) is 0.270. The SMILES string of the molecule is Nc1cccc2c1[nH]c1cc(=NC(=O)COc3ccccc3)cccc12.O=C(O)C(O)c1ccccc1. The van der Waals surface area contributed by atoms with Crippen molar-refractivity contribution in [2.24, 2.45) is 4.99 Å². The molecule has 5 N–H and O–H groups in total. The molecule has 37 heavy (non-hydrogen) atoms. The van der Waals surface area contributed by atoms with E-state index in [2.05, 4.69) is 9.98 Å². The van der Waals surface area contributed by atoms with E-state index in [-0.39, 0.29) is 12.5 Å². The molecule has 0 spiro atoms. The smallest absolute Gasteiger partial charge is 0.337 e. The van der Waals surface area contributed by atoms with Gasteiger partial charge < -0.3 is 25.7 Å². The number of aliphatic hydroxyl groups excluding tert-OH is 1. The van der Waals surface area contributed by atoms with Crippen molar-refractivity contribution >= 4 is 39.4 Å². The Morgan fingerprint density at radius 2 is 1.51 bits per heavy atom. The third kappa shape index (κ3) is 6.39. The number of fused-ring (bicyclic) bond motifs is 3. The first kappa shape index (κ1) is 25.2. The molecular formula is C29H25N3O5. The van der Waals surface area contributed by atoms with Crippen LogP contribution in [0, 0.1) is 0 Å². The summed E-state index contributed by atoms with van der Waals surface area (Å²) in [5.41, 5.74) is 8.89. The minimum atomic E-state index is -1.41. The maximum Gasteiger partial charge on any atom is 0.337 e. The lowest BCUT2D eigenvalue weighted by atomic mass is 10.1. The number of ether oxygens (including phenoxy) is 1. The van der Waals surface area contributed by atoms with E-state index < -0.39 is 12.1 Å². The number of carboxylic acids is 1. The molecule has 0 saturated heterocycles. The van der Waals surface area contributed by atoms with Gasteiger partial charge in [0, 0.05) is 16.3 Å². The van der Waals surface area contributed by atoms with Crippen molar-refractivity contribution in [1.29, 1.82) is 0 Å². The Bertz CT molecular complexity index is 1600. The van der Waals surface area contributed by atoms with E-state index in [0.717, 1.165) is 21.8 Å². The van der Waals surface area contributed by atoms with Crippen molar-refractivity contribution in [3.63, 3.8) is 0 Å². The van der Waals surface area contributed by atoms with E-state index >= 15 is 0 Å². The largest absolute Gasteiger partial charge is 0.484 e. The van der Waals surface area contributed by atoms with Gasteiger partial charge in [0.05, 0.1) is 16.6 Å². The number of carbonyl (C=O) groups excluding carboxylic acids is 1. The number of aromatic amines is 1. The summed E-state index contributed by atoms with van der Waals surface area (Å²) in [5.74, 6) is -0.928. The molecule has 1 amide bonds. The fraction of sp³-hybridized carbons (Fsp3) is 0.0690. The monoisotopic (exact) mass is 495 g/mol. The predicted molar refractivity (Wildman–Crippen MR) is 142 cm³/mol. The van der Waals surface area contributed by atoms with Gasteiger partial charge in [-0.25, -0.2) is 9.79 Å². The van der Waals surface area contributed by atoms with Gasteiger partial charge >= 0.3 is 5.97 Å². The average molecular weight is 496 g/mol. The molecule has 5 aromatic rings. The maximum atomic E-state index is 12.1. The maximum absolute atomic E-state index is 12.1. The number of rotatable bonds is 5. The highest BCUT2D eigenvalue weighted by Crippen LogP contribution is 2.27. The predicted octanol–water partition coefficient (Wildman–Crippen LogP) is 4.21. The van der Waals surface area contributed by atoms with Gasteiger partial charge in [-0.3, -0.25) is 4.79 Å². The number of carboxylic acid groups (broad SMARTS) is 1. The average Bonchev–Trinajstić information content (AvgIpc) is 3.14. The number of H-pyrrole nitrogens is 1. The highest BCUT2D eigenvalue weighted by atomic mass is 16.5. The lowest BCUT2D eigenvalue weighted by Gasteiger charge is -2.03. The first-order chi connectivity index (χ1) is 17.9. The molecule has 1 unspecified atom stereocenters. The molecule has 0 fully saturated rings. The zero-order chi connectivity index (χ0) is 26.2. The first-order valence-corrected chi connectivity index (χ1v) is 11.4. The van der Waals surface area contributed by atoms with Crippen LogP contribution >= 0.6 is 0 Å². The first-order valence-electron chi connectivity index (χ1n) is 11.4. The zero-order valence-corrected chi connectivity index (χ0v) is 19.7. The topological polar surface area (TPSA) is 138 Å². The number of nitrogens with zero attached hydrogens (tertiary/aromatic N) is 1. The molecule has 0 aliphatic rings. The van der Waals surface area contributed by atoms with Crippen molar-refractivity contribution in [2.45, 2.75) is 6.10 Å². The number of aliphatic carboxylic acids is 1. The van der Waals surface area contributed by atoms with E-state index in [1.165, 1.54) is 0 Å². The Morgan fingerprint density at radius 1 is 0.865 bits per heavy atom. The molecule has 0 radical (unpaired) electrons. The molecule has 1 heterocycles. The summed E-state index contributed by atoms with van der Waals surface area (Å²) in [6.07, 6.45) is -1.41. The van der Waals surface area contributed by atoms with Crippen molar-refractivity contribution in [3.8, 4) is 5.75 Å². The van der Waals surface area contributed by atoms with E-state index in [1.54, 1.807) is 48.5 Å². The van der Waals surface area contributed by atoms with Crippen LogP contribution in [-0.4, -0.2) is 33.7 Å². The van der Waals surface area contributed by atoms with Crippen LogP contribution < -0.4 is 15.8 Å². The summed E-state index contributed by atoms with van der Waals surface area (Å²) >= 11 is 0. The lowest BCUT2D eigenvalue weighted by molar-refractivity contribution is -0.147. The molecule has 0 aliphatic carbocycles. The van der Waals surface area contributed by atoms with Crippen LogP contribution in [0.25, 0.3) is 21.8 Å². The van der Waals surface area contributed by atoms with Gasteiger partial charge in [-0.2, -0.15) is 0 Å². The lowest BCUT2D eigenvalue weighted by Crippen LogP contribution is -2.12. The third-order valence-corrected chi connectivity index (χ3v) is 5.47. The highest BCUT2D eigenvalue weighted by Gasteiger charge is 2.14. The Hall–Kier alpha value is -4.95. The Balaban J connectivity index is 0.000000245. The van der Waals surface area contributed by atoms with E-state index in [4.69, 9.17) is 20.7 Å². The van der Waals surface area contributed by atoms with Gasteiger partial charge in [0.25, 0.3) is 5.91 Å². The van der Waals surface area contributed by atoms with Crippen LogP contribution in [-0.2, 0) is 9.59 Å². The number of hydrogen-bond donors (Lipinski definition) is 4. The number of hydrogen-bond acceptors (Lipinski definition) is 5. The number of para-hydroxylation sites is 2. The minimum absolute atomic E-state index is 0.106. The van der Waals surface area contributed by atoms with Gasteiger partial charge in [-0.15, -0.1) is 0 Å². The second kappa shape index (κ2) is 11.7. The van der Waals surface area contributed by atoms with Gasteiger partial charge in [0.15, 0.2) is 12.7 Å². The summed E-state index contributed by atoms with van der Waals surface area (Å²) in [7, 11) is 0. The van der Waals surface area contributed by atoms with Crippen LogP contribution in [0.5, 0.6) is 5.75 Å². The van der Waals surface area contributed by atoms with E-state index in [0.29, 0.717) is 22.4 Å².